The highest BCUT2D eigenvalue weighted by molar-refractivity contribution is 9.10. The number of hydrogen-bond acceptors (Lipinski definition) is 6. The van der Waals surface area contributed by atoms with Crippen LogP contribution < -0.4 is 4.74 Å². The number of amides is 1. The molecule has 0 saturated carbocycles. The lowest BCUT2D eigenvalue weighted by Crippen LogP contribution is -2.30. The third-order valence-corrected chi connectivity index (χ3v) is 3.36. The minimum Gasteiger partial charge on any atom is -0.458 e. The second-order valence-electron chi connectivity index (χ2n) is 4.34. The smallest absolute Gasteiger partial charge is 0.316 e. The number of halogens is 1. The first kappa shape index (κ1) is 13.0. The zero-order chi connectivity index (χ0) is 13.9. The first-order valence-corrected chi connectivity index (χ1v) is 6.86. The average Bonchev–Trinajstić information content (AvgIpc) is 3.12. The lowest BCUT2D eigenvalue weighted by molar-refractivity contribution is 0.0728. The predicted molar refractivity (Wildman–Crippen MR) is 71.2 cm³/mol. The van der Waals surface area contributed by atoms with E-state index < -0.39 is 0 Å². The van der Waals surface area contributed by atoms with Crippen LogP contribution in [0.5, 0.6) is 6.01 Å². The van der Waals surface area contributed by atoms with E-state index >= 15 is 0 Å². The number of aromatic nitrogens is 3. The number of likely N-dealkylation sites (tertiary alicyclic amines) is 1. The number of carbonyl (C=O) groups is 1. The lowest BCUT2D eigenvalue weighted by atomic mass is 10.3. The molecule has 20 heavy (non-hydrogen) atoms. The zero-order valence-corrected chi connectivity index (χ0v) is 12.0. The molecule has 0 radical (unpaired) electrons. The highest BCUT2D eigenvalue weighted by Gasteiger charge is 2.30. The van der Waals surface area contributed by atoms with Gasteiger partial charge in [-0.05, 0) is 15.9 Å². The molecule has 1 atom stereocenters. The number of ether oxygens (including phenoxy) is 1. The van der Waals surface area contributed by atoms with Crippen LogP contribution in [0, 0.1) is 0 Å². The van der Waals surface area contributed by atoms with Crippen LogP contribution in [-0.4, -0.2) is 45.1 Å². The average molecular weight is 339 g/mol. The Hall–Kier alpha value is -1.96. The van der Waals surface area contributed by atoms with Crippen molar-refractivity contribution >= 4 is 21.8 Å². The Morgan fingerprint density at radius 2 is 2.25 bits per heavy atom. The van der Waals surface area contributed by atoms with Crippen molar-refractivity contribution in [1.29, 1.82) is 0 Å². The van der Waals surface area contributed by atoms with Crippen LogP contribution in [0.4, 0.5) is 0 Å². The van der Waals surface area contributed by atoms with Crippen LogP contribution in [-0.2, 0) is 0 Å². The fourth-order valence-corrected chi connectivity index (χ4v) is 2.21. The summed E-state index contributed by atoms with van der Waals surface area (Å²) in [7, 11) is 0. The van der Waals surface area contributed by atoms with E-state index in [-0.39, 0.29) is 17.8 Å². The van der Waals surface area contributed by atoms with Gasteiger partial charge in [-0.25, -0.2) is 9.97 Å². The molecule has 1 saturated heterocycles. The van der Waals surface area contributed by atoms with Gasteiger partial charge in [0.2, 0.25) is 5.76 Å². The van der Waals surface area contributed by atoms with E-state index in [1.807, 2.05) is 0 Å². The van der Waals surface area contributed by atoms with Gasteiger partial charge in [-0.3, -0.25) is 4.79 Å². The fraction of sp³-hybridized carbons (Fsp3) is 0.333. The molecule has 0 aromatic carbocycles. The zero-order valence-electron chi connectivity index (χ0n) is 10.4. The van der Waals surface area contributed by atoms with Gasteiger partial charge in [-0.2, -0.15) is 0 Å². The molecule has 0 aliphatic carbocycles. The molecular formula is C12H11BrN4O3. The molecule has 1 unspecified atom stereocenters. The van der Waals surface area contributed by atoms with Crippen molar-refractivity contribution in [3.8, 4) is 6.01 Å². The van der Waals surface area contributed by atoms with Gasteiger partial charge in [0.15, 0.2) is 0 Å². The van der Waals surface area contributed by atoms with Gasteiger partial charge in [0.25, 0.3) is 5.91 Å². The van der Waals surface area contributed by atoms with E-state index in [4.69, 9.17) is 9.26 Å². The molecule has 1 aliphatic rings. The first-order chi connectivity index (χ1) is 9.72. The van der Waals surface area contributed by atoms with Crippen LogP contribution in [0.1, 0.15) is 17.0 Å². The summed E-state index contributed by atoms with van der Waals surface area (Å²) in [5.41, 5.74) is 0. The Balaban J connectivity index is 1.59. The highest BCUT2D eigenvalue weighted by atomic mass is 79.9. The summed E-state index contributed by atoms with van der Waals surface area (Å²) in [6.45, 7) is 1.10. The van der Waals surface area contributed by atoms with Crippen LogP contribution in [0.2, 0.25) is 0 Å². The SMILES string of the molecule is O=C(c1ccno1)N1CCC(Oc2ncc(Br)cn2)C1. The largest absolute Gasteiger partial charge is 0.458 e. The molecule has 2 aromatic heterocycles. The molecule has 104 valence electrons. The van der Waals surface area contributed by atoms with Crippen molar-refractivity contribution in [3.05, 3.63) is 34.9 Å². The van der Waals surface area contributed by atoms with Gasteiger partial charge < -0.3 is 14.2 Å². The molecule has 2 aromatic rings. The van der Waals surface area contributed by atoms with Crippen LogP contribution in [0.25, 0.3) is 0 Å². The Labute approximate surface area is 123 Å². The maximum Gasteiger partial charge on any atom is 0.316 e. The molecule has 1 aliphatic heterocycles. The van der Waals surface area contributed by atoms with Crippen molar-refractivity contribution in [3.63, 3.8) is 0 Å². The van der Waals surface area contributed by atoms with E-state index in [9.17, 15) is 4.79 Å². The molecule has 0 bridgehead atoms. The number of rotatable bonds is 3. The lowest BCUT2D eigenvalue weighted by Gasteiger charge is -2.14. The Kier molecular flexibility index (Phi) is 3.64. The molecule has 3 rings (SSSR count). The second-order valence-corrected chi connectivity index (χ2v) is 5.26. The van der Waals surface area contributed by atoms with E-state index in [2.05, 4.69) is 31.1 Å². The van der Waals surface area contributed by atoms with E-state index in [1.165, 1.54) is 6.20 Å². The molecule has 7 nitrogen and oxygen atoms in total. The van der Waals surface area contributed by atoms with Crippen LogP contribution in [0.3, 0.4) is 0 Å². The fourth-order valence-electron chi connectivity index (χ4n) is 2.00. The first-order valence-electron chi connectivity index (χ1n) is 6.06. The third kappa shape index (κ3) is 2.79. The number of hydrogen-bond donors (Lipinski definition) is 0. The van der Waals surface area contributed by atoms with E-state index in [1.54, 1.807) is 23.4 Å². The Morgan fingerprint density at radius 3 is 2.95 bits per heavy atom. The molecular weight excluding hydrogens is 328 g/mol. The van der Waals surface area contributed by atoms with Crippen LogP contribution in [0.15, 0.2) is 33.7 Å². The summed E-state index contributed by atoms with van der Waals surface area (Å²) < 4.78 is 11.3. The van der Waals surface area contributed by atoms with E-state index in [0.29, 0.717) is 19.1 Å². The Bertz CT molecular complexity index is 587. The van der Waals surface area contributed by atoms with Crippen molar-refractivity contribution in [2.75, 3.05) is 13.1 Å². The second kappa shape index (κ2) is 5.58. The van der Waals surface area contributed by atoms with Gasteiger partial charge in [-0.15, -0.1) is 0 Å². The Morgan fingerprint density at radius 1 is 1.45 bits per heavy atom. The molecule has 3 heterocycles. The van der Waals surface area contributed by atoms with Gasteiger partial charge in [-0.1, -0.05) is 5.16 Å². The number of nitrogens with zero attached hydrogens (tertiary/aromatic N) is 4. The molecule has 1 amide bonds. The van der Waals surface area contributed by atoms with Crippen LogP contribution >= 0.6 is 15.9 Å². The van der Waals surface area contributed by atoms with Crippen molar-refractivity contribution < 1.29 is 14.1 Å². The minimum absolute atomic E-state index is 0.108. The van der Waals surface area contributed by atoms with Gasteiger partial charge in [0.1, 0.15) is 6.10 Å². The maximum absolute atomic E-state index is 12.0. The summed E-state index contributed by atoms with van der Waals surface area (Å²) in [6, 6.07) is 1.86. The van der Waals surface area contributed by atoms with Crippen molar-refractivity contribution in [1.82, 2.24) is 20.0 Å². The summed E-state index contributed by atoms with van der Waals surface area (Å²) in [6.07, 6.45) is 5.32. The number of carbonyl (C=O) groups excluding carboxylic acids is 1. The highest BCUT2D eigenvalue weighted by Crippen LogP contribution is 2.18. The normalized spacial score (nSPS) is 18.2. The van der Waals surface area contributed by atoms with Gasteiger partial charge >= 0.3 is 6.01 Å². The molecule has 8 heteroatoms. The maximum atomic E-state index is 12.0. The molecule has 1 fully saturated rings. The quantitative estimate of drug-likeness (QED) is 0.843. The van der Waals surface area contributed by atoms with Gasteiger partial charge in [0.05, 0.1) is 17.2 Å². The van der Waals surface area contributed by atoms with Gasteiger partial charge in [0, 0.05) is 31.4 Å². The molecule has 0 N–H and O–H groups in total. The topological polar surface area (TPSA) is 81.4 Å². The van der Waals surface area contributed by atoms with E-state index in [0.717, 1.165) is 10.9 Å². The van der Waals surface area contributed by atoms with Crippen molar-refractivity contribution in [2.45, 2.75) is 12.5 Å². The predicted octanol–water partition coefficient (Wildman–Crippen LogP) is 1.52. The minimum atomic E-state index is -0.176. The summed E-state index contributed by atoms with van der Waals surface area (Å²) in [5, 5.41) is 3.53. The third-order valence-electron chi connectivity index (χ3n) is 2.95. The van der Waals surface area contributed by atoms with Crippen molar-refractivity contribution in [2.24, 2.45) is 0 Å². The summed E-state index contributed by atoms with van der Waals surface area (Å²) in [5.74, 6) is 0.0656. The monoisotopic (exact) mass is 338 g/mol. The standard InChI is InChI=1S/C12H11BrN4O3/c13-8-5-14-12(15-6-8)19-9-2-4-17(7-9)11(18)10-1-3-16-20-10/h1,3,5-6,9H,2,4,7H2. The summed E-state index contributed by atoms with van der Waals surface area (Å²) >= 11 is 3.26. The summed E-state index contributed by atoms with van der Waals surface area (Å²) in [4.78, 5) is 21.8. The molecule has 0 spiro atoms.